The predicted molar refractivity (Wildman–Crippen MR) is 117 cm³/mol. The van der Waals surface area contributed by atoms with E-state index < -0.39 is 11.7 Å². The van der Waals surface area contributed by atoms with E-state index in [1.165, 1.54) is 12.1 Å². The number of pyridine rings is 2. The van der Waals surface area contributed by atoms with Gasteiger partial charge in [0.25, 0.3) is 0 Å². The number of amides is 1. The molecule has 0 spiro atoms. The fourth-order valence-corrected chi connectivity index (χ4v) is 3.76. The Kier molecular flexibility index (Phi) is 4.85. The Bertz CT molecular complexity index is 1470. The average molecular weight is 450 g/mol. The van der Waals surface area contributed by atoms with Gasteiger partial charge in [-0.25, -0.2) is 4.98 Å². The Balaban J connectivity index is 1.53. The molecule has 4 heterocycles. The van der Waals surface area contributed by atoms with Crippen molar-refractivity contribution in [1.29, 1.82) is 0 Å². The van der Waals surface area contributed by atoms with Gasteiger partial charge in [-0.15, -0.1) is 0 Å². The van der Waals surface area contributed by atoms with Gasteiger partial charge in [-0.3, -0.25) is 19.0 Å². The number of fused-ring (bicyclic) bond motifs is 3. The second kappa shape index (κ2) is 7.73. The Labute approximate surface area is 185 Å². The number of alkyl halides is 3. The normalized spacial score (nSPS) is 11.9. The van der Waals surface area contributed by atoms with Crippen LogP contribution in [0.15, 0.2) is 67.1 Å². The molecule has 0 fully saturated rings. The highest BCUT2D eigenvalue weighted by atomic mass is 19.4. The third-order valence-corrected chi connectivity index (χ3v) is 5.20. The van der Waals surface area contributed by atoms with E-state index in [0.717, 1.165) is 23.1 Å². The number of carbonyl (C=O) groups excluding carboxylic acids is 1. The van der Waals surface area contributed by atoms with Crippen molar-refractivity contribution in [2.45, 2.75) is 12.6 Å². The van der Waals surface area contributed by atoms with Crippen LogP contribution in [-0.4, -0.2) is 30.2 Å². The van der Waals surface area contributed by atoms with Gasteiger partial charge in [-0.05, 0) is 48.0 Å². The first-order valence-electron chi connectivity index (χ1n) is 10.0. The minimum absolute atomic E-state index is 0.155. The van der Waals surface area contributed by atoms with Gasteiger partial charge in [0.2, 0.25) is 5.91 Å². The summed E-state index contributed by atoms with van der Waals surface area (Å²) in [6, 6.07) is 11.9. The van der Waals surface area contributed by atoms with Crippen LogP contribution in [0, 0.1) is 0 Å². The number of anilines is 1. The van der Waals surface area contributed by atoms with Crippen LogP contribution in [-0.2, 0) is 24.4 Å². The van der Waals surface area contributed by atoms with Crippen molar-refractivity contribution in [3.63, 3.8) is 0 Å². The van der Waals surface area contributed by atoms with Gasteiger partial charge in [0, 0.05) is 31.3 Å². The van der Waals surface area contributed by atoms with Crippen LogP contribution in [0.25, 0.3) is 27.8 Å². The van der Waals surface area contributed by atoms with Crippen molar-refractivity contribution in [3.8, 4) is 5.69 Å². The molecule has 0 aliphatic rings. The van der Waals surface area contributed by atoms with Crippen LogP contribution >= 0.6 is 0 Å². The summed E-state index contributed by atoms with van der Waals surface area (Å²) in [6.07, 6.45) is 0.786. The second-order valence-electron chi connectivity index (χ2n) is 7.57. The Morgan fingerprint density at radius 2 is 1.88 bits per heavy atom. The van der Waals surface area contributed by atoms with E-state index in [2.05, 4.69) is 20.4 Å². The highest BCUT2D eigenvalue weighted by Crippen LogP contribution is 2.33. The number of aromatic nitrogens is 5. The molecule has 0 radical (unpaired) electrons. The molecular formula is C23H17F3N6O. The molecule has 1 aromatic carbocycles. The summed E-state index contributed by atoms with van der Waals surface area (Å²) in [5.74, 6) is 0.131. The molecule has 0 unspecified atom stereocenters. The minimum Gasteiger partial charge on any atom is -0.310 e. The van der Waals surface area contributed by atoms with Gasteiger partial charge < -0.3 is 5.32 Å². The van der Waals surface area contributed by atoms with E-state index >= 15 is 0 Å². The minimum atomic E-state index is -4.41. The van der Waals surface area contributed by atoms with Crippen molar-refractivity contribution in [3.05, 3.63) is 78.2 Å². The van der Waals surface area contributed by atoms with Crippen LogP contribution in [0.1, 0.15) is 11.1 Å². The number of nitrogens with one attached hydrogen (secondary N) is 1. The van der Waals surface area contributed by atoms with Crippen LogP contribution in [0.3, 0.4) is 0 Å². The monoisotopic (exact) mass is 450 g/mol. The standard InChI is InChI=1S/C23H17F3N6O/c1-31-13-17-21-18(8-9-19(29-21)28-20(33)11-14-3-2-10-27-12-14)32(22(17)30-31)16-6-4-15(5-7-16)23(24,25)26/h2-10,12-13H,11H2,1H3,(H,28,29,33). The number of hydrogen-bond acceptors (Lipinski definition) is 4. The molecule has 0 atom stereocenters. The van der Waals surface area contributed by atoms with Crippen LogP contribution in [0.2, 0.25) is 0 Å². The SMILES string of the molecule is Cn1cc2c3nc(NC(=O)Cc4cccnc4)ccc3n(-c3ccc(C(F)(F)F)cc3)c2n1. The van der Waals surface area contributed by atoms with E-state index in [4.69, 9.17) is 0 Å². The summed E-state index contributed by atoms with van der Waals surface area (Å²) in [5.41, 5.74) is 2.38. The maximum Gasteiger partial charge on any atom is 0.416 e. The molecule has 0 aliphatic heterocycles. The first-order chi connectivity index (χ1) is 15.8. The molecule has 1 N–H and O–H groups in total. The fraction of sp³-hybridized carbons (Fsp3) is 0.130. The van der Waals surface area contributed by atoms with Gasteiger partial charge >= 0.3 is 6.18 Å². The molecule has 1 amide bonds. The van der Waals surface area contributed by atoms with Gasteiger partial charge in [0.1, 0.15) is 11.3 Å². The van der Waals surface area contributed by atoms with Crippen molar-refractivity contribution < 1.29 is 18.0 Å². The lowest BCUT2D eigenvalue weighted by Crippen LogP contribution is -2.15. The first kappa shape index (κ1) is 20.7. The maximum absolute atomic E-state index is 13.0. The van der Waals surface area contributed by atoms with Crippen LogP contribution < -0.4 is 5.32 Å². The average Bonchev–Trinajstić information content (AvgIpc) is 3.28. The molecule has 0 aliphatic carbocycles. The molecule has 0 bridgehead atoms. The summed E-state index contributed by atoms with van der Waals surface area (Å²) in [4.78, 5) is 21.0. The largest absolute Gasteiger partial charge is 0.416 e. The summed E-state index contributed by atoms with van der Waals surface area (Å²) in [5, 5.41) is 7.97. The maximum atomic E-state index is 13.0. The highest BCUT2D eigenvalue weighted by molar-refractivity contribution is 6.06. The van der Waals surface area contributed by atoms with E-state index in [0.29, 0.717) is 28.2 Å². The lowest BCUT2D eigenvalue weighted by atomic mass is 10.2. The number of nitrogens with zero attached hydrogens (tertiary/aromatic N) is 5. The summed E-state index contributed by atoms with van der Waals surface area (Å²) in [7, 11) is 1.75. The van der Waals surface area contributed by atoms with Crippen LogP contribution in [0.5, 0.6) is 0 Å². The molecule has 10 heteroatoms. The number of carbonyl (C=O) groups is 1. The number of benzene rings is 1. The fourth-order valence-electron chi connectivity index (χ4n) is 3.76. The molecule has 5 rings (SSSR count). The zero-order chi connectivity index (χ0) is 23.2. The van der Waals surface area contributed by atoms with Crippen molar-refractivity contribution >= 4 is 33.8 Å². The number of hydrogen-bond donors (Lipinski definition) is 1. The van der Waals surface area contributed by atoms with Crippen molar-refractivity contribution in [1.82, 2.24) is 24.3 Å². The van der Waals surface area contributed by atoms with Crippen molar-refractivity contribution in [2.24, 2.45) is 7.05 Å². The third kappa shape index (κ3) is 3.91. The molecule has 166 valence electrons. The van der Waals surface area contributed by atoms with Gasteiger partial charge in [0.15, 0.2) is 5.65 Å². The van der Waals surface area contributed by atoms with E-state index in [1.807, 2.05) is 6.07 Å². The smallest absolute Gasteiger partial charge is 0.310 e. The number of aryl methyl sites for hydroxylation is 1. The third-order valence-electron chi connectivity index (χ3n) is 5.20. The second-order valence-corrected chi connectivity index (χ2v) is 7.57. The molecule has 0 saturated heterocycles. The molecule has 0 saturated carbocycles. The summed E-state index contributed by atoms with van der Waals surface area (Å²) >= 11 is 0. The van der Waals surface area contributed by atoms with Crippen molar-refractivity contribution in [2.75, 3.05) is 5.32 Å². The lowest BCUT2D eigenvalue weighted by Gasteiger charge is -2.10. The summed E-state index contributed by atoms with van der Waals surface area (Å²) < 4.78 is 42.3. The Morgan fingerprint density at radius 1 is 1.09 bits per heavy atom. The van der Waals surface area contributed by atoms with Crippen LogP contribution in [0.4, 0.5) is 19.0 Å². The number of halogens is 3. The molecule has 7 nitrogen and oxygen atoms in total. The number of rotatable bonds is 4. The van der Waals surface area contributed by atoms with E-state index in [-0.39, 0.29) is 12.3 Å². The van der Waals surface area contributed by atoms with Gasteiger partial charge in [-0.2, -0.15) is 18.3 Å². The predicted octanol–water partition coefficient (Wildman–Crippen LogP) is 4.51. The van der Waals surface area contributed by atoms with E-state index in [1.54, 1.807) is 53.1 Å². The quantitative estimate of drug-likeness (QED) is 0.437. The van der Waals surface area contributed by atoms with Gasteiger partial charge in [-0.1, -0.05) is 6.07 Å². The molecular weight excluding hydrogens is 433 g/mol. The highest BCUT2D eigenvalue weighted by Gasteiger charge is 2.30. The molecule has 4 aromatic heterocycles. The summed E-state index contributed by atoms with van der Waals surface area (Å²) in [6.45, 7) is 0. The van der Waals surface area contributed by atoms with Gasteiger partial charge in [0.05, 0.1) is 22.9 Å². The topological polar surface area (TPSA) is 77.6 Å². The first-order valence-corrected chi connectivity index (χ1v) is 10.0. The Morgan fingerprint density at radius 3 is 2.58 bits per heavy atom. The zero-order valence-corrected chi connectivity index (χ0v) is 17.3. The zero-order valence-electron chi connectivity index (χ0n) is 17.3. The van der Waals surface area contributed by atoms with E-state index in [9.17, 15) is 18.0 Å². The molecule has 5 aromatic rings. The Hall–Kier alpha value is -4.21. The lowest BCUT2D eigenvalue weighted by molar-refractivity contribution is -0.137. The molecule has 33 heavy (non-hydrogen) atoms.